The molecule has 1 aromatic carbocycles. The smallest absolute Gasteiger partial charge is 0.349 e. The van der Waals surface area contributed by atoms with Crippen molar-refractivity contribution in [2.45, 2.75) is 53.9 Å². The fraction of sp³-hybridized carbons (Fsp3) is 0.588. The van der Waals surface area contributed by atoms with E-state index in [2.05, 4.69) is 12.9 Å². The van der Waals surface area contributed by atoms with Crippen molar-refractivity contribution in [1.29, 1.82) is 0 Å². The average molecular weight is 404 g/mol. The van der Waals surface area contributed by atoms with Gasteiger partial charge in [0.15, 0.2) is 0 Å². The normalized spacial score (nSPS) is 30.0. The maximum Gasteiger partial charge on any atom is 0.349 e. The zero-order valence-electron chi connectivity index (χ0n) is 14.7. The Bertz CT molecular complexity index is 597. The number of esters is 1. The van der Waals surface area contributed by atoms with E-state index in [0.717, 1.165) is 10.5 Å². The van der Waals surface area contributed by atoms with Gasteiger partial charge in [-0.3, -0.25) is 0 Å². The number of hydrogen-bond donors (Lipinski definition) is 4. The standard InChI is InChI=1S/C17H25NO6S2/c1-10-3-5-12(6-4-10)26-17(16(21)22-2)8-13(20)15(18)14(23-17)7-11(9-19)24-25/h3-6,11,13-15,19-20,25H,7-9,18H2,1-2H3. The van der Waals surface area contributed by atoms with Crippen molar-refractivity contribution in [3.8, 4) is 0 Å². The first-order valence-electron chi connectivity index (χ1n) is 8.22. The molecular weight excluding hydrogens is 378 g/mol. The largest absolute Gasteiger partial charge is 0.466 e. The highest BCUT2D eigenvalue weighted by Crippen LogP contribution is 2.44. The third kappa shape index (κ3) is 4.92. The third-order valence-corrected chi connectivity index (χ3v) is 5.91. The highest BCUT2D eigenvalue weighted by molar-refractivity contribution is 8.01. The quantitative estimate of drug-likeness (QED) is 0.304. The van der Waals surface area contributed by atoms with Gasteiger partial charge in [-0.25, -0.2) is 4.79 Å². The van der Waals surface area contributed by atoms with Crippen molar-refractivity contribution in [2.24, 2.45) is 5.73 Å². The Morgan fingerprint density at radius 1 is 1.50 bits per heavy atom. The van der Waals surface area contributed by atoms with Gasteiger partial charge in [-0.1, -0.05) is 29.5 Å². The highest BCUT2D eigenvalue weighted by atomic mass is 32.2. The third-order valence-electron chi connectivity index (χ3n) is 4.34. The van der Waals surface area contributed by atoms with Gasteiger partial charge in [0.05, 0.1) is 38.1 Å². The topological polar surface area (TPSA) is 111 Å². The Morgan fingerprint density at radius 3 is 2.69 bits per heavy atom. The van der Waals surface area contributed by atoms with Gasteiger partial charge in [-0.2, -0.15) is 0 Å². The number of carbonyl (C=O) groups excluding carboxylic acids is 1. The molecule has 2 rings (SSSR count). The molecule has 7 nitrogen and oxygen atoms in total. The summed E-state index contributed by atoms with van der Waals surface area (Å²) in [5.41, 5.74) is 7.14. The predicted molar refractivity (Wildman–Crippen MR) is 101 cm³/mol. The van der Waals surface area contributed by atoms with Crippen LogP contribution in [-0.2, 0) is 18.5 Å². The van der Waals surface area contributed by atoms with Crippen LogP contribution in [0.5, 0.6) is 0 Å². The lowest BCUT2D eigenvalue weighted by Gasteiger charge is -2.44. The Morgan fingerprint density at radius 2 is 2.15 bits per heavy atom. The zero-order valence-corrected chi connectivity index (χ0v) is 16.4. The van der Waals surface area contributed by atoms with Crippen molar-refractivity contribution in [2.75, 3.05) is 13.7 Å². The van der Waals surface area contributed by atoms with Crippen molar-refractivity contribution < 1.29 is 28.7 Å². The molecule has 1 fully saturated rings. The lowest BCUT2D eigenvalue weighted by molar-refractivity contribution is -0.182. The summed E-state index contributed by atoms with van der Waals surface area (Å²) in [7, 11) is 1.27. The maximum atomic E-state index is 12.6. The first-order valence-corrected chi connectivity index (χ1v) is 9.40. The Labute approximate surface area is 162 Å². The fourth-order valence-electron chi connectivity index (χ4n) is 2.84. The minimum atomic E-state index is -1.44. The van der Waals surface area contributed by atoms with E-state index in [1.807, 2.05) is 31.2 Å². The number of aryl methyl sites for hydroxylation is 1. The summed E-state index contributed by atoms with van der Waals surface area (Å²) in [6, 6.07) is 6.86. The van der Waals surface area contributed by atoms with Gasteiger partial charge in [0.2, 0.25) is 4.93 Å². The van der Waals surface area contributed by atoms with Crippen molar-refractivity contribution in [1.82, 2.24) is 0 Å². The van der Waals surface area contributed by atoms with E-state index in [-0.39, 0.29) is 19.4 Å². The van der Waals surface area contributed by atoms with E-state index in [4.69, 9.17) is 19.4 Å². The molecule has 1 saturated heterocycles. The van der Waals surface area contributed by atoms with Gasteiger partial charge >= 0.3 is 5.97 Å². The molecule has 0 radical (unpaired) electrons. The zero-order chi connectivity index (χ0) is 19.3. The minimum absolute atomic E-state index is 0.0125. The second kappa shape index (κ2) is 9.41. The Kier molecular flexibility index (Phi) is 7.77. The molecule has 0 saturated carbocycles. The van der Waals surface area contributed by atoms with E-state index in [1.54, 1.807) is 0 Å². The molecule has 1 aromatic rings. The molecule has 0 aliphatic carbocycles. The molecule has 5 unspecified atom stereocenters. The van der Waals surface area contributed by atoms with E-state index < -0.39 is 35.3 Å². The summed E-state index contributed by atoms with van der Waals surface area (Å²) in [6.07, 6.45) is -2.18. The molecule has 1 heterocycles. The number of thiol groups is 1. The molecule has 1 aliphatic rings. The molecule has 0 spiro atoms. The number of aliphatic hydroxyl groups is 2. The summed E-state index contributed by atoms with van der Waals surface area (Å²) < 4.78 is 15.9. The van der Waals surface area contributed by atoms with Gasteiger partial charge in [0.1, 0.15) is 0 Å². The van der Waals surface area contributed by atoms with Crippen molar-refractivity contribution >= 4 is 30.6 Å². The molecule has 146 valence electrons. The summed E-state index contributed by atoms with van der Waals surface area (Å²) in [5, 5.41) is 19.8. The number of aliphatic hydroxyl groups excluding tert-OH is 2. The highest BCUT2D eigenvalue weighted by Gasteiger charge is 2.52. The number of nitrogens with two attached hydrogens (primary N) is 1. The number of hydrogen-bond acceptors (Lipinski definition) is 9. The van der Waals surface area contributed by atoms with Crippen LogP contribution in [-0.4, -0.2) is 59.2 Å². The molecule has 0 aromatic heterocycles. The SMILES string of the molecule is COC(=O)C1(Sc2ccc(C)cc2)CC(O)C(N)C(CC(CO)OS)O1. The maximum absolute atomic E-state index is 12.6. The van der Waals surface area contributed by atoms with Crippen LogP contribution in [0, 0.1) is 6.92 Å². The molecular formula is C17H25NO6S2. The molecule has 0 amide bonds. The lowest BCUT2D eigenvalue weighted by Crippen LogP contribution is -2.60. The van der Waals surface area contributed by atoms with Crippen molar-refractivity contribution in [3.63, 3.8) is 0 Å². The van der Waals surface area contributed by atoms with Crippen LogP contribution in [0.15, 0.2) is 29.2 Å². The lowest BCUT2D eigenvalue weighted by atomic mass is 9.92. The summed E-state index contributed by atoms with van der Waals surface area (Å²) in [6.45, 7) is 1.68. The number of carbonyl (C=O) groups is 1. The van der Waals surface area contributed by atoms with Crippen LogP contribution in [0.25, 0.3) is 0 Å². The van der Waals surface area contributed by atoms with E-state index in [0.29, 0.717) is 0 Å². The number of benzene rings is 1. The molecule has 26 heavy (non-hydrogen) atoms. The van der Waals surface area contributed by atoms with Gasteiger partial charge < -0.3 is 29.6 Å². The summed E-state index contributed by atoms with van der Waals surface area (Å²) in [5.74, 6) is -0.605. The van der Waals surface area contributed by atoms with E-state index in [9.17, 15) is 15.0 Å². The van der Waals surface area contributed by atoms with Crippen LogP contribution >= 0.6 is 24.7 Å². The van der Waals surface area contributed by atoms with E-state index in [1.165, 1.54) is 18.9 Å². The van der Waals surface area contributed by atoms with Crippen LogP contribution in [0.4, 0.5) is 0 Å². The number of ether oxygens (including phenoxy) is 2. The molecule has 1 aliphatic heterocycles. The minimum Gasteiger partial charge on any atom is -0.466 e. The van der Waals surface area contributed by atoms with Crippen LogP contribution in [0.1, 0.15) is 18.4 Å². The second-order valence-corrected chi connectivity index (χ2v) is 7.86. The summed E-state index contributed by atoms with van der Waals surface area (Å²) in [4.78, 5) is 11.9. The number of rotatable bonds is 7. The van der Waals surface area contributed by atoms with Gasteiger partial charge in [-0.15, -0.1) is 0 Å². The first-order chi connectivity index (χ1) is 12.3. The van der Waals surface area contributed by atoms with Crippen molar-refractivity contribution in [3.05, 3.63) is 29.8 Å². The predicted octanol–water partition coefficient (Wildman–Crippen LogP) is 1.05. The molecule has 5 atom stereocenters. The van der Waals surface area contributed by atoms with Gasteiger partial charge in [0.25, 0.3) is 0 Å². The number of methoxy groups -OCH3 is 1. The molecule has 0 bridgehead atoms. The first kappa shape index (κ1) is 21.5. The fourth-order valence-corrected chi connectivity index (χ4v) is 4.23. The monoisotopic (exact) mass is 403 g/mol. The van der Waals surface area contributed by atoms with Crippen LogP contribution < -0.4 is 5.73 Å². The summed E-state index contributed by atoms with van der Waals surface area (Å²) >= 11 is 4.89. The molecule has 4 N–H and O–H groups in total. The van der Waals surface area contributed by atoms with Crippen LogP contribution in [0.3, 0.4) is 0 Å². The van der Waals surface area contributed by atoms with Gasteiger partial charge in [0, 0.05) is 17.7 Å². The molecule has 9 heteroatoms. The average Bonchev–Trinajstić information content (AvgIpc) is 2.64. The van der Waals surface area contributed by atoms with Gasteiger partial charge in [-0.05, 0) is 32.0 Å². The van der Waals surface area contributed by atoms with E-state index >= 15 is 0 Å². The number of thioether (sulfide) groups is 1. The Balaban J connectivity index is 2.30. The second-order valence-electron chi connectivity index (χ2n) is 6.31. The Hall–Kier alpha value is -0.810. The van der Waals surface area contributed by atoms with Crippen LogP contribution in [0.2, 0.25) is 0 Å².